The maximum absolute atomic E-state index is 15.9. The number of aliphatic hydroxyl groups excluding tert-OH is 1. The molecule has 1 heterocycles. The zero-order valence-corrected chi connectivity index (χ0v) is 36.6. The lowest BCUT2D eigenvalue weighted by Gasteiger charge is -2.67. The molecule has 3 saturated carbocycles. The number of fused-ring (bicyclic) bond motifs is 6. The van der Waals surface area contributed by atoms with Crippen LogP contribution >= 0.6 is 0 Å². The van der Waals surface area contributed by atoms with Gasteiger partial charge in [0.05, 0.1) is 42.6 Å². The van der Waals surface area contributed by atoms with E-state index in [1.54, 1.807) is 39.0 Å². The molecule has 334 valence electrons. The minimum atomic E-state index is -2.26. The average molecular weight is 865 g/mol. The van der Waals surface area contributed by atoms with Crippen LogP contribution in [0.4, 0.5) is 0 Å². The molecule has 3 aromatic carbocycles. The average Bonchev–Trinajstić information content (AvgIpc) is 3.26. The topological polar surface area (TPSA) is 181 Å². The van der Waals surface area contributed by atoms with Crippen LogP contribution in [-0.4, -0.2) is 95.3 Å². The van der Waals surface area contributed by atoms with Gasteiger partial charge in [-0.05, 0) is 90.6 Å². The summed E-state index contributed by atoms with van der Waals surface area (Å²) in [7, 11) is 1.48. The third kappa shape index (κ3) is 7.45. The number of carbonyl (C=O) groups excluding carboxylic acids is 5. The lowest BCUT2D eigenvalue weighted by molar-refractivity contribution is -0.346. The number of ether oxygens (including phenoxy) is 6. The van der Waals surface area contributed by atoms with Crippen molar-refractivity contribution >= 4 is 46.5 Å². The molecule has 63 heavy (non-hydrogen) atoms. The number of rotatable bonds is 9. The molecule has 2 bridgehead atoms. The lowest BCUT2D eigenvalue weighted by atomic mass is 9.44. The molecule has 0 amide bonds. The zero-order chi connectivity index (χ0) is 45.1. The van der Waals surface area contributed by atoms with Crippen LogP contribution in [0.15, 0.2) is 84.0 Å². The Kier molecular flexibility index (Phi) is 11.7. The molecule has 3 aromatic rings. The fraction of sp³-hybridized carbons (Fsp3) is 0.500. The van der Waals surface area contributed by atoms with Crippen molar-refractivity contribution in [2.75, 3.05) is 13.7 Å². The van der Waals surface area contributed by atoms with Gasteiger partial charge in [-0.3, -0.25) is 14.4 Å². The molecule has 1 aliphatic heterocycles. The highest BCUT2D eigenvalue weighted by atomic mass is 16.6. The largest absolute Gasteiger partial charge is 0.497 e. The van der Waals surface area contributed by atoms with Gasteiger partial charge in [0.25, 0.3) is 0 Å². The minimum absolute atomic E-state index is 0.0791. The highest BCUT2D eigenvalue weighted by molar-refractivity contribution is 5.96. The Morgan fingerprint density at radius 1 is 0.889 bits per heavy atom. The van der Waals surface area contributed by atoms with E-state index in [4.69, 9.17) is 28.4 Å². The molecule has 13 heteroatoms. The van der Waals surface area contributed by atoms with E-state index < -0.39 is 94.0 Å². The second-order valence-electron chi connectivity index (χ2n) is 18.6. The number of hydrogen-bond donors (Lipinski definition) is 2. The van der Waals surface area contributed by atoms with Gasteiger partial charge in [-0.1, -0.05) is 69.5 Å². The molecule has 8 rings (SSSR count). The van der Waals surface area contributed by atoms with E-state index in [0.717, 1.165) is 35.6 Å². The number of benzene rings is 3. The first-order valence-electron chi connectivity index (χ1n) is 21.8. The van der Waals surface area contributed by atoms with Gasteiger partial charge >= 0.3 is 23.9 Å². The highest BCUT2D eigenvalue weighted by Gasteiger charge is 2.78. The molecular weight excluding hydrogens is 809 g/mol. The van der Waals surface area contributed by atoms with Crippen LogP contribution in [0.1, 0.15) is 95.5 Å². The molecule has 1 saturated heterocycles. The van der Waals surface area contributed by atoms with Gasteiger partial charge in [-0.15, -0.1) is 0 Å². The van der Waals surface area contributed by atoms with E-state index in [0.29, 0.717) is 24.2 Å². The molecule has 13 nitrogen and oxygen atoms in total. The standard InChI is InChI=1S/C50H56O13/c1-28-36(60-39(53)23-17-30-16-18-31-12-10-11-15-34(31)24-30)26-50(57)44(62-46(56)33-19-21-35(58-6)22-20-33)42-48(5,37(52)25-38-49(42,27-59-38)63-29(2)51)43(54)41(40(28)47(50,3)4)61-45(55)32-13-8-7-9-14-32/h10-12,15-24,32,36-38,41-42,44,52,57H,7-9,13-14,25-27H2,1-6H3/b23-17+/t36-,37-,38+,41+,42-,44-,48+,49-,50+/m0/s1. The lowest BCUT2D eigenvalue weighted by Crippen LogP contribution is -2.82. The first-order valence-corrected chi connectivity index (χ1v) is 21.8. The summed E-state index contributed by atoms with van der Waals surface area (Å²) >= 11 is 0. The van der Waals surface area contributed by atoms with Crippen molar-refractivity contribution in [3.05, 3.63) is 95.1 Å². The summed E-state index contributed by atoms with van der Waals surface area (Å²) in [5.41, 5.74) is -6.18. The van der Waals surface area contributed by atoms with Crippen LogP contribution in [0.2, 0.25) is 0 Å². The number of esters is 4. The second kappa shape index (κ2) is 16.6. The van der Waals surface area contributed by atoms with Crippen molar-refractivity contribution in [1.82, 2.24) is 0 Å². The number of methoxy groups -OCH3 is 1. The molecule has 5 aliphatic rings. The molecule has 0 unspecified atom stereocenters. The summed E-state index contributed by atoms with van der Waals surface area (Å²) in [6.07, 6.45) is -1.07. The molecule has 2 N–H and O–H groups in total. The van der Waals surface area contributed by atoms with E-state index in [1.165, 1.54) is 39.2 Å². The SMILES string of the molecule is COc1ccc(C(=O)O[C@H]2[C@@H]3[C@]4(OC(C)=O)CO[C@@H]4C[C@H](O)[C@@]3(C)C(=O)[C@H](OC(=O)C3CCCCC3)C3=C(C)[C@@H](OC(=O)/C=C/c4ccc5ccccc5c4)C[C@]2(O)C3(C)C)cc1. The highest BCUT2D eigenvalue weighted by Crippen LogP contribution is 2.64. The number of ketones is 1. The molecule has 0 radical (unpaired) electrons. The van der Waals surface area contributed by atoms with Crippen LogP contribution in [0.3, 0.4) is 0 Å². The van der Waals surface area contributed by atoms with Crippen molar-refractivity contribution in [3.63, 3.8) is 0 Å². The van der Waals surface area contributed by atoms with Crippen molar-refractivity contribution in [1.29, 1.82) is 0 Å². The predicted octanol–water partition coefficient (Wildman–Crippen LogP) is 6.64. The van der Waals surface area contributed by atoms with E-state index in [2.05, 4.69) is 0 Å². The number of aliphatic hydroxyl groups is 2. The normalized spacial score (nSPS) is 32.6. The van der Waals surface area contributed by atoms with E-state index in [9.17, 15) is 29.4 Å². The summed E-state index contributed by atoms with van der Waals surface area (Å²) in [5.74, 6) is -5.22. The third-order valence-electron chi connectivity index (χ3n) is 14.8. The molecule has 0 aromatic heterocycles. The molecule has 4 fully saturated rings. The molecule has 0 spiro atoms. The van der Waals surface area contributed by atoms with Crippen LogP contribution in [0, 0.1) is 22.7 Å². The van der Waals surface area contributed by atoms with Crippen molar-refractivity contribution in [2.24, 2.45) is 22.7 Å². The maximum atomic E-state index is 15.9. The van der Waals surface area contributed by atoms with Gasteiger partial charge in [0.2, 0.25) is 0 Å². The Bertz CT molecular complexity index is 2380. The molecule has 9 atom stereocenters. The van der Waals surface area contributed by atoms with Gasteiger partial charge in [0, 0.05) is 31.3 Å². The monoisotopic (exact) mass is 864 g/mol. The number of Topliss-reactive ketones (excluding diaryl/α,β-unsaturated/α-hetero) is 1. The summed E-state index contributed by atoms with van der Waals surface area (Å²) < 4.78 is 36.5. The van der Waals surface area contributed by atoms with Gasteiger partial charge in [-0.25, -0.2) is 9.59 Å². The van der Waals surface area contributed by atoms with E-state index >= 15 is 4.79 Å². The van der Waals surface area contributed by atoms with Crippen molar-refractivity contribution in [2.45, 2.75) is 121 Å². The Hall–Kier alpha value is -5.37. The predicted molar refractivity (Wildman–Crippen MR) is 229 cm³/mol. The fourth-order valence-electron chi connectivity index (χ4n) is 11.2. The van der Waals surface area contributed by atoms with Crippen LogP contribution < -0.4 is 4.74 Å². The van der Waals surface area contributed by atoms with Crippen LogP contribution in [0.25, 0.3) is 16.8 Å². The second-order valence-corrected chi connectivity index (χ2v) is 18.6. The van der Waals surface area contributed by atoms with E-state index in [1.807, 2.05) is 42.5 Å². The number of hydrogen-bond acceptors (Lipinski definition) is 13. The molecular formula is C50H56O13. The van der Waals surface area contributed by atoms with Crippen LogP contribution in [0.5, 0.6) is 5.75 Å². The van der Waals surface area contributed by atoms with Crippen molar-refractivity contribution < 1.29 is 62.6 Å². The van der Waals surface area contributed by atoms with Crippen LogP contribution in [-0.2, 0) is 42.9 Å². The first-order chi connectivity index (χ1) is 29.9. The quantitative estimate of drug-likeness (QED) is 0.101. The summed E-state index contributed by atoms with van der Waals surface area (Å²) in [6.45, 7) is 7.45. The zero-order valence-electron chi connectivity index (χ0n) is 36.6. The van der Waals surface area contributed by atoms with Gasteiger partial charge in [-0.2, -0.15) is 0 Å². The van der Waals surface area contributed by atoms with Gasteiger partial charge < -0.3 is 38.6 Å². The Labute approximate surface area is 366 Å². The smallest absolute Gasteiger partial charge is 0.338 e. The fourth-order valence-corrected chi connectivity index (χ4v) is 11.2. The van der Waals surface area contributed by atoms with Crippen molar-refractivity contribution in [3.8, 4) is 5.75 Å². The Balaban J connectivity index is 1.29. The van der Waals surface area contributed by atoms with E-state index in [-0.39, 0.29) is 30.6 Å². The Morgan fingerprint density at radius 3 is 2.24 bits per heavy atom. The van der Waals surface area contributed by atoms with Gasteiger partial charge in [0.15, 0.2) is 17.5 Å². The Morgan fingerprint density at radius 2 is 1.59 bits per heavy atom. The summed E-state index contributed by atoms with van der Waals surface area (Å²) in [4.78, 5) is 71.6. The first kappa shape index (κ1) is 44.2. The summed E-state index contributed by atoms with van der Waals surface area (Å²) in [5, 5.41) is 28.1. The summed E-state index contributed by atoms with van der Waals surface area (Å²) in [6, 6.07) is 19.7. The maximum Gasteiger partial charge on any atom is 0.338 e. The third-order valence-corrected chi connectivity index (χ3v) is 14.8. The molecule has 4 aliphatic carbocycles. The number of carbonyl (C=O) groups is 5. The van der Waals surface area contributed by atoms with Gasteiger partial charge in [0.1, 0.15) is 29.7 Å². The minimum Gasteiger partial charge on any atom is -0.497 e.